The number of esters is 1. The Balaban J connectivity index is 1.75. The molecule has 0 aromatic carbocycles. The fourth-order valence-corrected chi connectivity index (χ4v) is 8.69. The minimum absolute atomic E-state index is 0.0583. The van der Waals surface area contributed by atoms with Crippen molar-refractivity contribution in [1.82, 2.24) is 0 Å². The van der Waals surface area contributed by atoms with Crippen LogP contribution in [0.4, 0.5) is 0 Å². The number of aliphatic hydroxyl groups excluding tert-OH is 7. The van der Waals surface area contributed by atoms with Crippen molar-refractivity contribution in [3.63, 3.8) is 0 Å². The van der Waals surface area contributed by atoms with Crippen LogP contribution in [0.5, 0.6) is 0 Å². The normalized spacial score (nSPS) is 26.0. The first kappa shape index (κ1) is 62.6. The molecule has 0 aromatic heterocycles. The average Bonchev–Trinajstić information content (AvgIpc) is 3.33. The summed E-state index contributed by atoms with van der Waals surface area (Å²) in [6.45, 7) is 3.69. The van der Waals surface area contributed by atoms with Gasteiger partial charge in [0, 0.05) is 13.0 Å². The maximum atomic E-state index is 13.0. The average molecular weight is 973 g/mol. The second kappa shape index (κ2) is 42.0. The number of hydrogen-bond donors (Lipinski definition) is 7. The van der Waals surface area contributed by atoms with E-state index in [9.17, 15) is 40.5 Å². The summed E-state index contributed by atoms with van der Waals surface area (Å²) >= 11 is 0. The molecule has 0 aliphatic carbocycles. The number of allylic oxidation sites excluding steroid dienone is 4. The molecule has 0 saturated carbocycles. The van der Waals surface area contributed by atoms with Crippen molar-refractivity contribution in [2.24, 2.45) is 0 Å². The van der Waals surface area contributed by atoms with Crippen LogP contribution in [0, 0.1) is 0 Å². The van der Waals surface area contributed by atoms with Crippen LogP contribution in [0.1, 0.15) is 213 Å². The van der Waals surface area contributed by atoms with E-state index in [1.807, 2.05) is 0 Å². The Morgan fingerprint density at radius 3 is 1.34 bits per heavy atom. The van der Waals surface area contributed by atoms with Gasteiger partial charge in [-0.25, -0.2) is 0 Å². The fraction of sp³-hybridized carbons (Fsp3) is 0.907. The van der Waals surface area contributed by atoms with Crippen LogP contribution < -0.4 is 0 Å². The SMILES string of the molecule is CCCCCCCC/C=C\CCCCCCCCOCC(COC1OC(COC2OC(CO)C(O)C(O)C2O)C(O)C(O)C1O)OC(=O)CCCCCCCCC/C=C\CCCCCCCCC. The molecule has 0 bridgehead atoms. The Labute approximate surface area is 411 Å². The van der Waals surface area contributed by atoms with Gasteiger partial charge in [0.2, 0.25) is 0 Å². The molecule has 7 N–H and O–H groups in total. The van der Waals surface area contributed by atoms with E-state index in [0.29, 0.717) is 13.0 Å². The summed E-state index contributed by atoms with van der Waals surface area (Å²) in [6.07, 6.45) is 29.5. The standard InChI is InChI=1S/C54H100O14/c1-3-5-7-9-11-13-15-17-19-21-22-23-25-27-29-31-33-35-37-46(56)66-43(40-63-38-36-34-32-30-28-26-24-20-18-16-14-12-10-8-6-4-2)41-64-53-52(62)50(60)48(58)45(68-53)42-65-54-51(61)49(59)47(57)44(39-55)67-54/h18-21,43-45,47-55,57-62H,3-17,22-42H2,1-2H3/b20-18-,21-19-. The van der Waals surface area contributed by atoms with Crippen molar-refractivity contribution in [2.45, 2.75) is 280 Å². The summed E-state index contributed by atoms with van der Waals surface area (Å²) in [5.41, 5.74) is 0. The number of carbonyl (C=O) groups is 1. The highest BCUT2D eigenvalue weighted by molar-refractivity contribution is 5.69. The first-order valence-electron chi connectivity index (χ1n) is 27.4. The van der Waals surface area contributed by atoms with Crippen LogP contribution in [-0.4, -0.2) is 142 Å². The van der Waals surface area contributed by atoms with Gasteiger partial charge in [0.15, 0.2) is 12.6 Å². The molecule has 0 amide bonds. The predicted octanol–water partition coefficient (Wildman–Crippen LogP) is 8.80. The van der Waals surface area contributed by atoms with Gasteiger partial charge < -0.3 is 64.2 Å². The molecule has 2 rings (SSSR count). The number of unbranched alkanes of at least 4 members (excludes halogenated alkanes) is 26. The Hall–Kier alpha value is -1.53. The Kier molecular flexibility index (Phi) is 38.7. The summed E-state index contributed by atoms with van der Waals surface area (Å²) in [5.74, 6) is -0.380. The fourth-order valence-electron chi connectivity index (χ4n) is 8.69. The highest BCUT2D eigenvalue weighted by atomic mass is 16.7. The van der Waals surface area contributed by atoms with E-state index in [4.69, 9.17) is 28.4 Å². The molecule has 2 aliphatic heterocycles. The quantitative estimate of drug-likeness (QED) is 0.0173. The van der Waals surface area contributed by atoms with Crippen LogP contribution in [0.2, 0.25) is 0 Å². The third kappa shape index (κ3) is 29.1. The topological polar surface area (TPSA) is 214 Å². The number of rotatable bonds is 44. The van der Waals surface area contributed by atoms with E-state index in [2.05, 4.69) is 38.2 Å². The van der Waals surface area contributed by atoms with Crippen LogP contribution in [-0.2, 0) is 33.2 Å². The zero-order valence-corrected chi connectivity index (χ0v) is 42.6. The molecule has 400 valence electrons. The molecule has 2 fully saturated rings. The third-order valence-electron chi connectivity index (χ3n) is 13.2. The van der Waals surface area contributed by atoms with E-state index < -0.39 is 80.7 Å². The second-order valence-corrected chi connectivity index (χ2v) is 19.4. The van der Waals surface area contributed by atoms with Crippen molar-refractivity contribution < 1.29 is 69.0 Å². The van der Waals surface area contributed by atoms with Crippen LogP contribution in [0.15, 0.2) is 24.3 Å². The lowest BCUT2D eigenvalue weighted by Crippen LogP contribution is -2.61. The van der Waals surface area contributed by atoms with Gasteiger partial charge in [-0.05, 0) is 64.2 Å². The zero-order valence-electron chi connectivity index (χ0n) is 42.6. The molecule has 0 spiro atoms. The molecular weight excluding hydrogens is 873 g/mol. The Morgan fingerprint density at radius 1 is 0.471 bits per heavy atom. The van der Waals surface area contributed by atoms with Gasteiger partial charge in [0.1, 0.15) is 54.9 Å². The van der Waals surface area contributed by atoms with E-state index in [1.165, 1.54) is 135 Å². The van der Waals surface area contributed by atoms with Crippen LogP contribution >= 0.6 is 0 Å². The van der Waals surface area contributed by atoms with Crippen LogP contribution in [0.3, 0.4) is 0 Å². The molecule has 14 heteroatoms. The van der Waals surface area contributed by atoms with E-state index >= 15 is 0 Å². The molecule has 0 aromatic rings. The molecule has 2 saturated heterocycles. The van der Waals surface area contributed by atoms with Gasteiger partial charge in [0.05, 0.1) is 26.4 Å². The van der Waals surface area contributed by atoms with Crippen molar-refractivity contribution >= 4 is 5.97 Å². The predicted molar refractivity (Wildman–Crippen MR) is 266 cm³/mol. The summed E-state index contributed by atoms with van der Waals surface area (Å²) < 4.78 is 34.3. The number of hydrogen-bond acceptors (Lipinski definition) is 14. The lowest BCUT2D eigenvalue weighted by molar-refractivity contribution is -0.332. The maximum Gasteiger partial charge on any atom is 0.306 e. The van der Waals surface area contributed by atoms with E-state index in [0.717, 1.165) is 51.4 Å². The van der Waals surface area contributed by atoms with Gasteiger partial charge in [-0.2, -0.15) is 0 Å². The van der Waals surface area contributed by atoms with Crippen molar-refractivity contribution in [1.29, 1.82) is 0 Å². The lowest BCUT2D eigenvalue weighted by Gasteiger charge is -2.42. The van der Waals surface area contributed by atoms with Crippen molar-refractivity contribution in [3.8, 4) is 0 Å². The first-order valence-corrected chi connectivity index (χ1v) is 27.4. The molecule has 2 aliphatic rings. The smallest absolute Gasteiger partial charge is 0.306 e. The van der Waals surface area contributed by atoms with E-state index in [1.54, 1.807) is 0 Å². The van der Waals surface area contributed by atoms with Crippen molar-refractivity contribution in [2.75, 3.05) is 33.0 Å². The van der Waals surface area contributed by atoms with Gasteiger partial charge in [-0.15, -0.1) is 0 Å². The van der Waals surface area contributed by atoms with E-state index in [-0.39, 0.29) is 25.6 Å². The monoisotopic (exact) mass is 973 g/mol. The number of ether oxygens (including phenoxy) is 6. The Morgan fingerprint density at radius 2 is 0.868 bits per heavy atom. The highest BCUT2D eigenvalue weighted by Crippen LogP contribution is 2.26. The van der Waals surface area contributed by atoms with Gasteiger partial charge >= 0.3 is 5.97 Å². The summed E-state index contributed by atoms with van der Waals surface area (Å²) in [6, 6.07) is 0. The Bertz CT molecular complexity index is 1220. The van der Waals surface area contributed by atoms with Gasteiger partial charge in [0.25, 0.3) is 0 Å². The maximum absolute atomic E-state index is 13.0. The van der Waals surface area contributed by atoms with Gasteiger partial charge in [-0.1, -0.05) is 167 Å². The first-order chi connectivity index (χ1) is 33.1. The van der Waals surface area contributed by atoms with Gasteiger partial charge in [-0.3, -0.25) is 4.79 Å². The van der Waals surface area contributed by atoms with Crippen molar-refractivity contribution in [3.05, 3.63) is 24.3 Å². The van der Waals surface area contributed by atoms with Crippen LogP contribution in [0.25, 0.3) is 0 Å². The lowest BCUT2D eigenvalue weighted by atomic mass is 9.98. The summed E-state index contributed by atoms with van der Waals surface area (Å²) in [5, 5.41) is 72.2. The second-order valence-electron chi connectivity index (χ2n) is 19.4. The number of aliphatic hydroxyl groups is 7. The molecule has 14 nitrogen and oxygen atoms in total. The largest absolute Gasteiger partial charge is 0.457 e. The molecular formula is C54H100O14. The summed E-state index contributed by atoms with van der Waals surface area (Å²) in [4.78, 5) is 13.0. The highest BCUT2D eigenvalue weighted by Gasteiger charge is 2.47. The summed E-state index contributed by atoms with van der Waals surface area (Å²) in [7, 11) is 0. The minimum atomic E-state index is -1.71. The molecule has 2 heterocycles. The molecule has 11 unspecified atom stereocenters. The number of carbonyl (C=O) groups excluding carboxylic acids is 1. The molecule has 68 heavy (non-hydrogen) atoms. The molecule has 11 atom stereocenters. The zero-order chi connectivity index (χ0) is 49.5. The third-order valence-corrected chi connectivity index (χ3v) is 13.2. The minimum Gasteiger partial charge on any atom is -0.457 e. The molecule has 0 radical (unpaired) electrons.